The highest BCUT2D eigenvalue weighted by Crippen LogP contribution is 2.38. The summed E-state index contributed by atoms with van der Waals surface area (Å²) in [7, 11) is 0. The third kappa shape index (κ3) is 3.28. The van der Waals surface area contributed by atoms with Gasteiger partial charge in [0.2, 0.25) is 5.28 Å². The van der Waals surface area contributed by atoms with Crippen molar-refractivity contribution in [2.45, 2.75) is 18.9 Å². The molecule has 0 aliphatic carbocycles. The smallest absolute Gasteiger partial charge is 0.225 e. The maximum atomic E-state index is 6.14. The van der Waals surface area contributed by atoms with E-state index in [9.17, 15) is 0 Å². The summed E-state index contributed by atoms with van der Waals surface area (Å²) in [5, 5.41) is 10.5. The van der Waals surface area contributed by atoms with Crippen molar-refractivity contribution in [1.82, 2.24) is 15.3 Å². The molecule has 0 amide bonds. The molecule has 0 bridgehead atoms. The van der Waals surface area contributed by atoms with Crippen LogP contribution in [0.1, 0.15) is 12.8 Å². The number of hydrogen-bond acceptors (Lipinski definition) is 5. The number of anilines is 1. The molecule has 2 aromatic heterocycles. The highest BCUT2D eigenvalue weighted by molar-refractivity contribution is 9.10. The van der Waals surface area contributed by atoms with Crippen molar-refractivity contribution in [1.29, 1.82) is 0 Å². The third-order valence-corrected chi connectivity index (χ3v) is 5.81. The van der Waals surface area contributed by atoms with Crippen LogP contribution < -0.4 is 10.6 Å². The molecule has 1 aromatic carbocycles. The summed E-state index contributed by atoms with van der Waals surface area (Å²) in [6.45, 7) is 2.06. The first kappa shape index (κ1) is 16.3. The van der Waals surface area contributed by atoms with Gasteiger partial charge in [0.15, 0.2) is 0 Å². The molecule has 4 nitrogen and oxygen atoms in total. The van der Waals surface area contributed by atoms with Gasteiger partial charge in [-0.2, -0.15) is 0 Å². The molecule has 7 heteroatoms. The van der Waals surface area contributed by atoms with Gasteiger partial charge in [-0.3, -0.25) is 0 Å². The van der Waals surface area contributed by atoms with Crippen molar-refractivity contribution in [3.8, 4) is 11.1 Å². The van der Waals surface area contributed by atoms with Crippen LogP contribution in [0.4, 0.5) is 5.82 Å². The average Bonchev–Trinajstić information content (AvgIpc) is 3.00. The molecule has 0 unspecified atom stereocenters. The Morgan fingerprint density at radius 3 is 2.67 bits per heavy atom. The van der Waals surface area contributed by atoms with Gasteiger partial charge in [-0.1, -0.05) is 28.1 Å². The molecule has 1 saturated heterocycles. The second kappa shape index (κ2) is 6.96. The van der Waals surface area contributed by atoms with E-state index in [1.54, 1.807) is 11.3 Å². The number of fused-ring (bicyclic) bond motifs is 1. The molecule has 1 fully saturated rings. The van der Waals surface area contributed by atoms with Crippen molar-refractivity contribution >= 4 is 54.9 Å². The Morgan fingerprint density at radius 2 is 1.92 bits per heavy atom. The van der Waals surface area contributed by atoms with Crippen LogP contribution in [0.25, 0.3) is 21.3 Å². The number of rotatable bonds is 3. The fraction of sp³-hybridized carbons (Fsp3) is 0.294. The van der Waals surface area contributed by atoms with Gasteiger partial charge in [-0.25, -0.2) is 9.97 Å². The monoisotopic (exact) mass is 422 g/mol. The minimum atomic E-state index is 0.295. The molecule has 24 heavy (non-hydrogen) atoms. The number of benzene rings is 1. The van der Waals surface area contributed by atoms with Crippen LogP contribution in [0, 0.1) is 0 Å². The Morgan fingerprint density at radius 1 is 1.17 bits per heavy atom. The summed E-state index contributed by atoms with van der Waals surface area (Å²) in [5.41, 5.74) is 2.30. The van der Waals surface area contributed by atoms with E-state index in [1.807, 2.05) is 0 Å². The van der Waals surface area contributed by atoms with E-state index in [0.717, 1.165) is 57.6 Å². The van der Waals surface area contributed by atoms with Gasteiger partial charge in [0.1, 0.15) is 10.6 Å². The van der Waals surface area contributed by atoms with E-state index < -0.39 is 0 Å². The lowest BCUT2D eigenvalue weighted by atomic mass is 10.0. The van der Waals surface area contributed by atoms with Crippen LogP contribution in [0.3, 0.4) is 0 Å². The molecule has 1 aliphatic rings. The zero-order chi connectivity index (χ0) is 16.5. The van der Waals surface area contributed by atoms with Gasteiger partial charge in [-0.05, 0) is 55.2 Å². The van der Waals surface area contributed by atoms with E-state index >= 15 is 0 Å². The van der Waals surface area contributed by atoms with E-state index in [1.165, 1.54) is 0 Å². The van der Waals surface area contributed by atoms with Crippen LogP contribution in [0.5, 0.6) is 0 Å². The van der Waals surface area contributed by atoms with E-state index in [2.05, 4.69) is 66.2 Å². The van der Waals surface area contributed by atoms with Gasteiger partial charge in [0.05, 0.1) is 5.39 Å². The maximum absolute atomic E-state index is 6.14. The van der Waals surface area contributed by atoms with Gasteiger partial charge in [-0.15, -0.1) is 11.3 Å². The Hall–Kier alpha value is -1.21. The molecule has 0 atom stereocenters. The lowest BCUT2D eigenvalue weighted by molar-refractivity contribution is 0.478. The predicted molar refractivity (Wildman–Crippen MR) is 105 cm³/mol. The van der Waals surface area contributed by atoms with Crippen LogP contribution in [-0.2, 0) is 0 Å². The first-order valence-corrected chi connectivity index (χ1v) is 9.94. The fourth-order valence-electron chi connectivity index (χ4n) is 3.02. The summed E-state index contributed by atoms with van der Waals surface area (Å²) in [6, 6.07) is 8.73. The van der Waals surface area contributed by atoms with E-state index in [4.69, 9.17) is 11.6 Å². The van der Waals surface area contributed by atoms with Crippen LogP contribution in [-0.4, -0.2) is 29.1 Å². The Labute approximate surface area is 157 Å². The summed E-state index contributed by atoms with van der Waals surface area (Å²) in [6.07, 6.45) is 2.17. The van der Waals surface area contributed by atoms with Crippen LogP contribution >= 0.6 is 38.9 Å². The first-order chi connectivity index (χ1) is 11.7. The second-order valence-corrected chi connectivity index (χ2v) is 7.96. The topological polar surface area (TPSA) is 49.8 Å². The maximum Gasteiger partial charge on any atom is 0.225 e. The number of aromatic nitrogens is 2. The number of hydrogen-bond donors (Lipinski definition) is 2. The Balaban J connectivity index is 1.79. The fourth-order valence-corrected chi connectivity index (χ4v) is 4.45. The van der Waals surface area contributed by atoms with Crippen LogP contribution in [0.15, 0.2) is 34.1 Å². The molecular formula is C17H16BrClN4S. The standard InChI is InChI=1S/C17H16BrClN4S/c18-11-3-1-10(2-4-11)13-9-24-16-14(13)15(22-17(19)23-16)21-12-5-7-20-8-6-12/h1-4,9,12,20H,5-8H2,(H,21,22,23). The van der Waals surface area contributed by atoms with Gasteiger partial charge in [0.25, 0.3) is 0 Å². The van der Waals surface area contributed by atoms with Crippen LogP contribution in [0.2, 0.25) is 5.28 Å². The number of nitrogens with zero attached hydrogens (tertiary/aromatic N) is 2. The first-order valence-electron chi connectivity index (χ1n) is 7.88. The van der Waals surface area contributed by atoms with Gasteiger partial charge >= 0.3 is 0 Å². The Kier molecular flexibility index (Phi) is 4.72. The quantitative estimate of drug-likeness (QED) is 0.586. The van der Waals surface area contributed by atoms with E-state index in [0.29, 0.717) is 11.3 Å². The zero-order valence-corrected chi connectivity index (χ0v) is 16.0. The number of halogens is 2. The molecule has 124 valence electrons. The normalized spacial score (nSPS) is 15.8. The minimum Gasteiger partial charge on any atom is -0.367 e. The summed E-state index contributed by atoms with van der Waals surface area (Å²) in [4.78, 5) is 9.82. The largest absolute Gasteiger partial charge is 0.367 e. The molecular weight excluding hydrogens is 408 g/mol. The second-order valence-electron chi connectivity index (χ2n) is 5.85. The van der Waals surface area contributed by atoms with Gasteiger partial charge < -0.3 is 10.6 Å². The summed E-state index contributed by atoms with van der Waals surface area (Å²) in [5.74, 6) is 0.844. The number of thiophene rings is 1. The predicted octanol–water partition coefficient (Wildman–Crippen LogP) is 4.94. The third-order valence-electron chi connectivity index (χ3n) is 4.24. The lowest BCUT2D eigenvalue weighted by Gasteiger charge is -2.24. The van der Waals surface area contributed by atoms with Crippen molar-refractivity contribution in [2.75, 3.05) is 18.4 Å². The molecule has 2 N–H and O–H groups in total. The summed E-state index contributed by atoms with van der Waals surface area (Å²) >= 11 is 11.2. The van der Waals surface area contributed by atoms with Gasteiger partial charge in [0, 0.05) is 21.5 Å². The van der Waals surface area contributed by atoms with E-state index in [-0.39, 0.29) is 0 Å². The SMILES string of the molecule is Clc1nc(NC2CCNCC2)c2c(-c3ccc(Br)cc3)csc2n1. The summed E-state index contributed by atoms with van der Waals surface area (Å²) < 4.78 is 1.07. The molecule has 3 heterocycles. The number of piperidine rings is 1. The highest BCUT2D eigenvalue weighted by atomic mass is 79.9. The minimum absolute atomic E-state index is 0.295. The Bertz CT molecular complexity index is 859. The lowest BCUT2D eigenvalue weighted by Crippen LogP contribution is -2.35. The van der Waals surface area contributed by atoms with Crippen molar-refractivity contribution in [3.63, 3.8) is 0 Å². The molecule has 0 radical (unpaired) electrons. The molecule has 1 aliphatic heterocycles. The molecule has 0 spiro atoms. The van der Waals surface area contributed by atoms with Crippen molar-refractivity contribution in [2.24, 2.45) is 0 Å². The molecule has 0 saturated carbocycles. The molecule has 4 rings (SSSR count). The zero-order valence-electron chi connectivity index (χ0n) is 12.9. The van der Waals surface area contributed by atoms with Crippen molar-refractivity contribution in [3.05, 3.63) is 39.4 Å². The van der Waals surface area contributed by atoms with Crippen molar-refractivity contribution < 1.29 is 0 Å². The molecule has 3 aromatic rings. The number of nitrogens with one attached hydrogen (secondary N) is 2. The average molecular weight is 424 g/mol. The highest BCUT2D eigenvalue weighted by Gasteiger charge is 2.19.